The van der Waals surface area contributed by atoms with Crippen LogP contribution >= 0.6 is 34.6 Å². The molecule has 1 aromatic rings. The number of carbonyl (C=O) groups excluding carboxylic acids is 1. The molecule has 2 rings (SSSR count). The first-order valence-electron chi connectivity index (χ1n) is 4.90. The number of hydrogen-bond acceptors (Lipinski definition) is 3. The van der Waals surface area contributed by atoms with E-state index in [2.05, 4.69) is 0 Å². The maximum absolute atomic E-state index is 11.7. The van der Waals surface area contributed by atoms with Crippen molar-refractivity contribution >= 4 is 40.6 Å². The molecule has 1 aromatic carbocycles. The minimum atomic E-state index is -0.382. The third-order valence-corrected chi connectivity index (χ3v) is 3.50. The fraction of sp³-hybridized carbons (Fsp3) is 0.364. The molecule has 1 aliphatic carbocycles. The summed E-state index contributed by atoms with van der Waals surface area (Å²) < 4.78 is 9.94. The highest BCUT2D eigenvalue weighted by Crippen LogP contribution is 2.39. The molecule has 5 heteroatoms. The van der Waals surface area contributed by atoms with E-state index in [-0.39, 0.29) is 5.97 Å². The highest BCUT2D eigenvalue weighted by atomic mass is 127. The quantitative estimate of drug-likeness (QED) is 0.605. The molecular formula is C11H10ClIO3. The smallest absolute Gasteiger partial charge is 0.342 e. The van der Waals surface area contributed by atoms with Crippen LogP contribution < -0.4 is 3.07 Å². The molecule has 0 atom stereocenters. The van der Waals surface area contributed by atoms with Crippen molar-refractivity contribution in [3.8, 4) is 5.75 Å². The predicted octanol–water partition coefficient (Wildman–Crippen LogP) is 3.34. The highest BCUT2D eigenvalue weighted by Gasteiger charge is 2.26. The zero-order chi connectivity index (χ0) is 11.7. The fourth-order valence-electron chi connectivity index (χ4n) is 2.08. The Bertz CT molecular complexity index is 442. The summed E-state index contributed by atoms with van der Waals surface area (Å²) in [4.78, 5) is 11.7. The summed E-state index contributed by atoms with van der Waals surface area (Å²) in [6.07, 6.45) is 2.88. The van der Waals surface area contributed by atoms with E-state index in [0.29, 0.717) is 16.3 Å². The number of halogens is 2. The van der Waals surface area contributed by atoms with Gasteiger partial charge in [0, 0.05) is 0 Å². The molecule has 0 radical (unpaired) electrons. The van der Waals surface area contributed by atoms with Crippen molar-refractivity contribution < 1.29 is 12.6 Å². The first kappa shape index (κ1) is 12.0. The molecule has 1 aliphatic rings. The summed E-state index contributed by atoms with van der Waals surface area (Å²) in [5, 5.41) is 0.468. The number of rotatable bonds is 2. The van der Waals surface area contributed by atoms with E-state index in [1.165, 1.54) is 7.11 Å². The van der Waals surface area contributed by atoms with Crippen molar-refractivity contribution in [2.75, 3.05) is 7.11 Å². The van der Waals surface area contributed by atoms with Crippen LogP contribution in [-0.2, 0) is 17.6 Å². The fourth-order valence-corrected chi connectivity index (χ4v) is 2.93. The second-order valence-electron chi connectivity index (χ2n) is 3.62. The standard InChI is InChI=1S/C11H10ClIO3/c1-15-11(14)9-7-4-2-3-6(7)5-8(12)10(9)16-13/h5H,2-4H2,1H3. The van der Waals surface area contributed by atoms with Gasteiger partial charge in [0.05, 0.1) is 12.1 Å². The molecule has 0 bridgehead atoms. The third-order valence-electron chi connectivity index (χ3n) is 2.77. The van der Waals surface area contributed by atoms with E-state index >= 15 is 0 Å². The van der Waals surface area contributed by atoms with Crippen molar-refractivity contribution in [2.45, 2.75) is 19.3 Å². The lowest BCUT2D eigenvalue weighted by Gasteiger charge is -2.12. The van der Waals surface area contributed by atoms with Gasteiger partial charge >= 0.3 is 5.97 Å². The molecule has 0 amide bonds. The summed E-state index contributed by atoms with van der Waals surface area (Å²) in [5.74, 6) is 0.0297. The van der Waals surface area contributed by atoms with Crippen LogP contribution in [0.3, 0.4) is 0 Å². The minimum absolute atomic E-state index is 0.382. The van der Waals surface area contributed by atoms with E-state index in [9.17, 15) is 4.79 Å². The maximum atomic E-state index is 11.7. The number of methoxy groups -OCH3 is 1. The van der Waals surface area contributed by atoms with Crippen LogP contribution in [-0.4, -0.2) is 13.1 Å². The van der Waals surface area contributed by atoms with Gasteiger partial charge < -0.3 is 7.80 Å². The molecule has 86 valence electrons. The number of carbonyl (C=O) groups is 1. The van der Waals surface area contributed by atoms with Gasteiger partial charge in [0.25, 0.3) is 0 Å². The first-order chi connectivity index (χ1) is 7.69. The Kier molecular flexibility index (Phi) is 3.59. The molecule has 0 N–H and O–H groups in total. The Morgan fingerprint density at radius 2 is 2.25 bits per heavy atom. The molecule has 0 fully saturated rings. The van der Waals surface area contributed by atoms with Gasteiger partial charge in [0.1, 0.15) is 5.56 Å². The van der Waals surface area contributed by atoms with Gasteiger partial charge in [-0.3, -0.25) is 0 Å². The van der Waals surface area contributed by atoms with Gasteiger partial charge in [-0.1, -0.05) is 11.6 Å². The average Bonchev–Trinajstić information content (AvgIpc) is 2.73. The second-order valence-corrected chi connectivity index (χ2v) is 4.47. The van der Waals surface area contributed by atoms with Gasteiger partial charge in [0.2, 0.25) is 0 Å². The molecule has 0 aromatic heterocycles. The number of benzene rings is 1. The SMILES string of the molecule is COC(=O)c1c2c(cc(Cl)c1OI)CCC2. The highest BCUT2D eigenvalue weighted by molar-refractivity contribution is 14.1. The zero-order valence-corrected chi connectivity index (χ0v) is 11.6. The van der Waals surface area contributed by atoms with Gasteiger partial charge in [0.15, 0.2) is 28.8 Å². The molecule has 3 nitrogen and oxygen atoms in total. The van der Waals surface area contributed by atoms with E-state index < -0.39 is 0 Å². The Morgan fingerprint density at radius 3 is 2.88 bits per heavy atom. The van der Waals surface area contributed by atoms with Crippen LogP contribution in [0.2, 0.25) is 5.02 Å². The zero-order valence-electron chi connectivity index (χ0n) is 8.68. The molecular weight excluding hydrogens is 342 g/mol. The van der Waals surface area contributed by atoms with Crippen molar-refractivity contribution in [3.05, 3.63) is 27.8 Å². The molecule has 0 saturated heterocycles. The van der Waals surface area contributed by atoms with Crippen LogP contribution in [0.5, 0.6) is 5.75 Å². The van der Waals surface area contributed by atoms with Crippen molar-refractivity contribution in [3.63, 3.8) is 0 Å². The Morgan fingerprint density at radius 1 is 1.50 bits per heavy atom. The van der Waals surface area contributed by atoms with E-state index in [4.69, 9.17) is 19.4 Å². The predicted molar refractivity (Wildman–Crippen MR) is 69.5 cm³/mol. The Labute approximate surface area is 113 Å². The molecule has 0 spiro atoms. The van der Waals surface area contributed by atoms with E-state index in [1.807, 2.05) is 6.07 Å². The Balaban J connectivity index is 2.66. The van der Waals surface area contributed by atoms with Crippen molar-refractivity contribution in [2.24, 2.45) is 0 Å². The summed E-state index contributed by atoms with van der Waals surface area (Å²) in [6.45, 7) is 0. The van der Waals surface area contributed by atoms with Crippen molar-refractivity contribution in [1.82, 2.24) is 0 Å². The monoisotopic (exact) mass is 352 g/mol. The largest absolute Gasteiger partial charge is 0.465 e. The minimum Gasteiger partial charge on any atom is -0.465 e. The lowest BCUT2D eigenvalue weighted by molar-refractivity contribution is 0.0598. The topological polar surface area (TPSA) is 35.5 Å². The van der Waals surface area contributed by atoms with Gasteiger partial charge in [-0.25, -0.2) is 4.79 Å². The number of ether oxygens (including phenoxy) is 1. The van der Waals surface area contributed by atoms with Crippen LogP contribution in [0.4, 0.5) is 0 Å². The summed E-state index contributed by atoms with van der Waals surface area (Å²) in [7, 11) is 1.36. The van der Waals surface area contributed by atoms with E-state index in [1.54, 1.807) is 23.0 Å². The number of hydrogen-bond donors (Lipinski definition) is 0. The second kappa shape index (κ2) is 4.79. The Hall–Kier alpha value is -0.490. The number of fused-ring (bicyclic) bond motifs is 1. The summed E-state index contributed by atoms with van der Waals surface area (Å²) in [6, 6.07) is 1.88. The van der Waals surface area contributed by atoms with Gasteiger partial charge in [-0.2, -0.15) is 0 Å². The molecule has 0 unspecified atom stereocenters. The van der Waals surface area contributed by atoms with Gasteiger partial charge in [-0.05, 0) is 36.5 Å². The van der Waals surface area contributed by atoms with Crippen LogP contribution in [0.15, 0.2) is 6.07 Å². The van der Waals surface area contributed by atoms with Crippen LogP contribution in [0.1, 0.15) is 27.9 Å². The lowest BCUT2D eigenvalue weighted by atomic mass is 10.0. The maximum Gasteiger partial charge on any atom is 0.342 e. The van der Waals surface area contributed by atoms with Gasteiger partial charge in [-0.15, -0.1) is 0 Å². The average molecular weight is 353 g/mol. The van der Waals surface area contributed by atoms with Crippen LogP contribution in [0.25, 0.3) is 0 Å². The normalized spacial score (nSPS) is 13.4. The van der Waals surface area contributed by atoms with Crippen LogP contribution in [0, 0.1) is 0 Å². The number of esters is 1. The molecule has 16 heavy (non-hydrogen) atoms. The summed E-state index contributed by atoms with van der Waals surface area (Å²) >= 11 is 7.80. The van der Waals surface area contributed by atoms with Crippen molar-refractivity contribution in [1.29, 1.82) is 0 Å². The molecule has 0 heterocycles. The van der Waals surface area contributed by atoms with E-state index in [0.717, 1.165) is 30.4 Å². The molecule has 0 aliphatic heterocycles. The first-order valence-corrected chi connectivity index (χ1v) is 6.16. The number of aryl methyl sites for hydroxylation is 1. The summed E-state index contributed by atoms with van der Waals surface area (Å²) in [5.41, 5.74) is 2.63. The third kappa shape index (κ3) is 1.88. The lowest BCUT2D eigenvalue weighted by Crippen LogP contribution is -2.07. The molecule has 0 saturated carbocycles.